The highest BCUT2D eigenvalue weighted by Crippen LogP contribution is 2.42. The minimum Gasteiger partial charge on any atom is -0.518 e. The molecule has 0 saturated heterocycles. The summed E-state index contributed by atoms with van der Waals surface area (Å²) in [5, 5.41) is 3.44. The summed E-state index contributed by atoms with van der Waals surface area (Å²) in [6.07, 6.45) is 1.10. The Labute approximate surface area is 165 Å². The van der Waals surface area contributed by atoms with Gasteiger partial charge in [0.05, 0.1) is 5.92 Å². The van der Waals surface area contributed by atoms with Crippen LogP contribution in [0.15, 0.2) is 0 Å². The molecule has 1 N–H and O–H groups in total. The molecule has 0 aromatic carbocycles. The zero-order chi connectivity index (χ0) is 20.5. The SMILES string of the molecule is CCO[Si](C)(C)CCCNCC(C)C(=O)O[Si](C(C)C)(C(C)C)C(C)C. The van der Waals surface area contributed by atoms with Crippen LogP contribution in [0.25, 0.3) is 0 Å². The Morgan fingerprint density at radius 2 is 1.46 bits per heavy atom. The summed E-state index contributed by atoms with van der Waals surface area (Å²) in [7, 11) is -3.63. The van der Waals surface area contributed by atoms with Gasteiger partial charge in [-0.3, -0.25) is 4.79 Å². The molecular formula is C20H45NO3Si2. The third-order valence-corrected chi connectivity index (χ3v) is 14.1. The van der Waals surface area contributed by atoms with Crippen LogP contribution in [0.1, 0.15) is 61.8 Å². The van der Waals surface area contributed by atoms with Gasteiger partial charge in [-0.1, -0.05) is 48.5 Å². The summed E-state index contributed by atoms with van der Waals surface area (Å²) >= 11 is 0. The number of carbonyl (C=O) groups excluding carboxylic acids is 1. The summed E-state index contributed by atoms with van der Waals surface area (Å²) < 4.78 is 12.1. The minimum absolute atomic E-state index is 0.0238. The molecule has 1 unspecified atom stereocenters. The lowest BCUT2D eigenvalue weighted by Gasteiger charge is -2.41. The van der Waals surface area contributed by atoms with Crippen LogP contribution in [-0.4, -0.2) is 42.3 Å². The molecule has 26 heavy (non-hydrogen) atoms. The predicted molar refractivity (Wildman–Crippen MR) is 118 cm³/mol. The Bertz CT molecular complexity index is 390. The van der Waals surface area contributed by atoms with Crippen molar-refractivity contribution in [1.82, 2.24) is 5.32 Å². The van der Waals surface area contributed by atoms with E-state index in [1.165, 1.54) is 0 Å². The molecule has 4 nitrogen and oxygen atoms in total. The van der Waals surface area contributed by atoms with E-state index in [1.54, 1.807) is 0 Å². The van der Waals surface area contributed by atoms with Crippen molar-refractivity contribution in [1.29, 1.82) is 0 Å². The van der Waals surface area contributed by atoms with Crippen LogP contribution in [0.2, 0.25) is 35.8 Å². The van der Waals surface area contributed by atoms with Crippen LogP contribution >= 0.6 is 0 Å². The summed E-state index contributed by atoms with van der Waals surface area (Å²) in [4.78, 5) is 12.7. The van der Waals surface area contributed by atoms with E-state index in [-0.39, 0.29) is 11.9 Å². The Morgan fingerprint density at radius 3 is 1.88 bits per heavy atom. The molecule has 0 aliphatic heterocycles. The largest absolute Gasteiger partial charge is 0.518 e. The van der Waals surface area contributed by atoms with Crippen molar-refractivity contribution in [3.05, 3.63) is 0 Å². The zero-order valence-corrected chi connectivity index (χ0v) is 21.1. The smallest absolute Gasteiger partial charge is 0.296 e. The highest BCUT2D eigenvalue weighted by molar-refractivity contribution is 6.78. The van der Waals surface area contributed by atoms with Gasteiger partial charge in [0, 0.05) is 13.2 Å². The molecule has 0 bridgehead atoms. The van der Waals surface area contributed by atoms with Gasteiger partial charge >= 0.3 is 0 Å². The van der Waals surface area contributed by atoms with Crippen molar-refractivity contribution in [2.24, 2.45) is 5.92 Å². The molecule has 1 atom stereocenters. The maximum absolute atomic E-state index is 12.7. The summed E-state index contributed by atoms with van der Waals surface area (Å²) in [6.45, 7) is 24.3. The van der Waals surface area contributed by atoms with Gasteiger partial charge in [-0.05, 0) is 55.7 Å². The molecule has 156 valence electrons. The van der Waals surface area contributed by atoms with E-state index in [4.69, 9.17) is 8.85 Å². The van der Waals surface area contributed by atoms with Crippen molar-refractivity contribution in [3.63, 3.8) is 0 Å². The standard InChI is InChI=1S/C20H45NO3Si2/c1-11-23-25(9,10)14-12-13-21-15-19(8)20(22)24-26(16(2)3,17(4)5)18(6)7/h16-19,21H,11-15H2,1-10H3. The van der Waals surface area contributed by atoms with E-state index in [0.717, 1.165) is 25.6 Å². The van der Waals surface area contributed by atoms with Gasteiger partial charge < -0.3 is 14.2 Å². The molecule has 6 heteroatoms. The summed E-state index contributed by atoms with van der Waals surface area (Å²) in [5.74, 6) is -0.125. The van der Waals surface area contributed by atoms with Gasteiger partial charge in [-0.15, -0.1) is 0 Å². The molecule has 0 amide bonds. The quantitative estimate of drug-likeness (QED) is 0.323. The number of carbonyl (C=O) groups is 1. The Balaban J connectivity index is 4.50. The van der Waals surface area contributed by atoms with Crippen LogP contribution in [0.5, 0.6) is 0 Å². The lowest BCUT2D eigenvalue weighted by Crippen LogP contribution is -2.50. The first-order chi connectivity index (χ1) is 11.9. The fraction of sp³-hybridized carbons (Fsp3) is 0.950. The van der Waals surface area contributed by atoms with E-state index < -0.39 is 16.6 Å². The minimum atomic E-state index is -2.13. The Hall–Kier alpha value is -0.176. The van der Waals surface area contributed by atoms with E-state index in [0.29, 0.717) is 23.2 Å². The average molecular weight is 404 g/mol. The lowest BCUT2D eigenvalue weighted by atomic mass is 10.2. The van der Waals surface area contributed by atoms with Crippen molar-refractivity contribution >= 4 is 22.6 Å². The van der Waals surface area contributed by atoms with Crippen molar-refractivity contribution in [3.8, 4) is 0 Å². The number of rotatable bonds is 13. The lowest BCUT2D eigenvalue weighted by molar-refractivity contribution is -0.139. The van der Waals surface area contributed by atoms with Gasteiger partial charge in [-0.25, -0.2) is 0 Å². The molecule has 0 aromatic heterocycles. The zero-order valence-electron chi connectivity index (χ0n) is 19.1. The number of hydrogen-bond donors (Lipinski definition) is 1. The van der Waals surface area contributed by atoms with Gasteiger partial charge in [0.1, 0.15) is 0 Å². The molecule has 0 heterocycles. The fourth-order valence-electron chi connectivity index (χ4n) is 4.13. The van der Waals surface area contributed by atoms with Crippen LogP contribution in [-0.2, 0) is 13.6 Å². The van der Waals surface area contributed by atoms with Gasteiger partial charge in [0.25, 0.3) is 14.3 Å². The molecule has 0 aliphatic rings. The maximum atomic E-state index is 12.7. The molecular weight excluding hydrogens is 358 g/mol. The van der Waals surface area contributed by atoms with E-state index >= 15 is 0 Å². The second-order valence-corrected chi connectivity index (χ2v) is 18.8. The second kappa shape index (κ2) is 11.6. The first-order valence-electron chi connectivity index (χ1n) is 10.5. The summed E-state index contributed by atoms with van der Waals surface area (Å²) in [5.41, 5.74) is 1.28. The topological polar surface area (TPSA) is 47.6 Å². The third kappa shape index (κ3) is 7.83. The predicted octanol–water partition coefficient (Wildman–Crippen LogP) is 5.56. The molecule has 0 aliphatic carbocycles. The van der Waals surface area contributed by atoms with Crippen molar-refractivity contribution in [2.45, 2.75) is 97.6 Å². The molecule has 0 saturated carbocycles. The monoisotopic (exact) mass is 403 g/mol. The molecule has 0 radical (unpaired) electrons. The Kier molecular flexibility index (Phi) is 11.5. The third-order valence-electron chi connectivity index (χ3n) is 5.50. The molecule has 0 fully saturated rings. The van der Waals surface area contributed by atoms with Crippen LogP contribution in [0, 0.1) is 5.92 Å². The van der Waals surface area contributed by atoms with Crippen molar-refractivity contribution < 1.29 is 13.6 Å². The van der Waals surface area contributed by atoms with E-state index in [9.17, 15) is 4.79 Å². The van der Waals surface area contributed by atoms with E-state index in [2.05, 4.69) is 66.9 Å². The second-order valence-electron chi connectivity index (χ2n) is 9.14. The first kappa shape index (κ1) is 25.8. The normalized spacial score (nSPS) is 14.3. The maximum Gasteiger partial charge on any atom is 0.296 e. The van der Waals surface area contributed by atoms with Crippen molar-refractivity contribution in [2.75, 3.05) is 19.7 Å². The van der Waals surface area contributed by atoms with E-state index in [1.807, 2.05) is 6.92 Å². The van der Waals surface area contributed by atoms with Crippen LogP contribution in [0.3, 0.4) is 0 Å². The average Bonchev–Trinajstić information content (AvgIpc) is 2.50. The van der Waals surface area contributed by atoms with Crippen LogP contribution < -0.4 is 5.32 Å². The number of hydrogen-bond acceptors (Lipinski definition) is 4. The molecule has 0 spiro atoms. The summed E-state index contributed by atoms with van der Waals surface area (Å²) in [6, 6.07) is 1.15. The molecule has 0 rings (SSSR count). The van der Waals surface area contributed by atoms with Gasteiger partial charge in [0.15, 0.2) is 8.32 Å². The van der Waals surface area contributed by atoms with Gasteiger partial charge in [0.2, 0.25) is 0 Å². The van der Waals surface area contributed by atoms with Crippen LogP contribution in [0.4, 0.5) is 0 Å². The van der Waals surface area contributed by atoms with Gasteiger partial charge in [-0.2, -0.15) is 0 Å². The number of nitrogens with one attached hydrogen (secondary N) is 1. The highest BCUT2D eigenvalue weighted by Gasteiger charge is 2.48. The molecule has 0 aromatic rings. The fourth-order valence-corrected chi connectivity index (χ4v) is 11.3. The Morgan fingerprint density at radius 1 is 0.962 bits per heavy atom. The first-order valence-corrected chi connectivity index (χ1v) is 15.7. The highest BCUT2D eigenvalue weighted by atomic mass is 28.4.